The molecule has 1 saturated carbocycles. The molecule has 1 fully saturated rings. The Bertz CT molecular complexity index is 403. The van der Waals surface area contributed by atoms with Crippen LogP contribution in [0, 0.1) is 0 Å². The normalized spacial score (nSPS) is 32.0. The average molecular weight is 509 g/mol. The van der Waals surface area contributed by atoms with Gasteiger partial charge in [-0.3, -0.25) is 9.59 Å². The molecule has 1 aliphatic carbocycles. The van der Waals surface area contributed by atoms with Gasteiger partial charge in [-0.1, -0.05) is 20.8 Å². The molecule has 11 heteroatoms. The van der Waals surface area contributed by atoms with Crippen molar-refractivity contribution in [2.24, 2.45) is 0 Å². The lowest BCUT2D eigenvalue weighted by atomic mass is 9.97. The first-order valence-electron chi connectivity index (χ1n) is 7.99. The number of aliphatic carboxylic acids is 1. The Kier molecular flexibility index (Phi) is 12.9. The van der Waals surface area contributed by atoms with E-state index in [9.17, 15) is 9.59 Å². The van der Waals surface area contributed by atoms with Gasteiger partial charge < -0.3 is 9.53 Å². The van der Waals surface area contributed by atoms with E-state index in [0.717, 1.165) is 0 Å². The van der Waals surface area contributed by atoms with E-state index in [1.54, 1.807) is 0 Å². The monoisotopic (exact) mass is 506 g/mol. The minimum absolute atomic E-state index is 0.0339. The zero-order valence-electron chi connectivity index (χ0n) is 14.7. The fourth-order valence-corrected chi connectivity index (χ4v) is 4.87. The summed E-state index contributed by atoms with van der Waals surface area (Å²) in [7, 11) is -0.842. The van der Waals surface area contributed by atoms with Crippen LogP contribution in [0.5, 0.6) is 0 Å². The molecule has 0 aliphatic heterocycles. The van der Waals surface area contributed by atoms with Gasteiger partial charge in [-0.2, -0.15) is 0 Å². The predicted molar refractivity (Wildman–Crippen MR) is 114 cm³/mol. The summed E-state index contributed by atoms with van der Waals surface area (Å²) in [6.45, 7) is 6.09. The minimum Gasteiger partial charge on any atom is -0.524 e. The van der Waals surface area contributed by atoms with Crippen LogP contribution in [0.3, 0.4) is 0 Å². The molecule has 0 heterocycles. The maximum Gasteiger partial charge on any atom is 0.303 e. The van der Waals surface area contributed by atoms with Gasteiger partial charge in [0.05, 0.1) is 32.3 Å². The second-order valence-electron chi connectivity index (χ2n) is 7.14. The summed E-state index contributed by atoms with van der Waals surface area (Å²) in [6, 6.07) is 0. The minimum atomic E-state index is -0.870. The molecule has 0 atom stereocenters. The summed E-state index contributed by atoms with van der Waals surface area (Å²) >= 11 is 35.3. The van der Waals surface area contributed by atoms with Crippen molar-refractivity contribution in [3.8, 4) is 0 Å². The molecule has 0 aromatic carbocycles. The Morgan fingerprint density at radius 3 is 1.46 bits per heavy atom. The molecule has 0 aromatic heterocycles. The van der Waals surface area contributed by atoms with E-state index in [2.05, 4.69) is 0 Å². The van der Waals surface area contributed by atoms with Crippen molar-refractivity contribution >= 4 is 91.3 Å². The van der Waals surface area contributed by atoms with Gasteiger partial charge in [-0.25, -0.2) is 0 Å². The number of halogens is 6. The topological polar surface area (TPSA) is 63.6 Å². The summed E-state index contributed by atoms with van der Waals surface area (Å²) in [5, 5.41) is 5.82. The molecule has 154 valence electrons. The largest absolute Gasteiger partial charge is 0.524 e. The van der Waals surface area contributed by atoms with Gasteiger partial charge in [0.2, 0.25) is 9.76 Å². The molecule has 1 N–H and O–H groups in total. The standard InChI is InChI=1S/C9H18O4Si.C6H6Cl6/c1-9(2,3)14-13-8(12)6-4-5-7(10)11;7-1-2(8)4(10)6(12)5(11)3(1)9/h4-6,14H2,1-3H3,(H,10,11);1-6H/t;1-,2-,3-,4+,5+,6+. The van der Waals surface area contributed by atoms with Gasteiger partial charge in [-0.05, 0) is 11.5 Å². The highest BCUT2D eigenvalue weighted by molar-refractivity contribution is 6.45. The molecule has 4 nitrogen and oxygen atoms in total. The number of rotatable bonds is 5. The van der Waals surface area contributed by atoms with E-state index in [1.165, 1.54) is 0 Å². The molecule has 26 heavy (non-hydrogen) atoms. The van der Waals surface area contributed by atoms with Crippen LogP contribution >= 0.6 is 69.6 Å². The fourth-order valence-electron chi connectivity index (χ4n) is 1.81. The summed E-state index contributed by atoms with van der Waals surface area (Å²) < 4.78 is 5.10. The predicted octanol–water partition coefficient (Wildman–Crippen LogP) is 4.73. The molecule has 0 bridgehead atoms. The molecule has 0 aromatic rings. The first-order valence-corrected chi connectivity index (χ1v) is 11.9. The summed E-state index contributed by atoms with van der Waals surface area (Å²) in [6.07, 6.45) is 0.619. The van der Waals surface area contributed by atoms with Gasteiger partial charge in [0.25, 0.3) is 5.97 Å². The van der Waals surface area contributed by atoms with Crippen molar-refractivity contribution in [2.45, 2.75) is 77.3 Å². The lowest BCUT2D eigenvalue weighted by molar-refractivity contribution is -0.137. The molecular weight excluding hydrogens is 485 g/mol. The van der Waals surface area contributed by atoms with Crippen molar-refractivity contribution in [3.63, 3.8) is 0 Å². The fraction of sp³-hybridized carbons (Fsp3) is 0.867. The number of hydrogen-bond acceptors (Lipinski definition) is 3. The first kappa shape index (κ1) is 26.9. The average Bonchev–Trinajstić information content (AvgIpc) is 2.54. The van der Waals surface area contributed by atoms with Gasteiger partial charge in [0, 0.05) is 12.8 Å². The van der Waals surface area contributed by atoms with E-state index < -0.39 is 48.0 Å². The zero-order valence-corrected chi connectivity index (χ0v) is 20.7. The highest BCUT2D eigenvalue weighted by atomic mass is 35.5. The SMILES string of the molecule is CC(C)(C)[SiH2]OC(=O)CCCC(=O)O.Cl[C@H]1[C@H](Cl)[C@@H](Cl)[C@@H](Cl)[C@H](Cl)[C@H]1Cl. The van der Waals surface area contributed by atoms with Crippen LogP contribution in [0.4, 0.5) is 0 Å². The molecule has 0 amide bonds. The van der Waals surface area contributed by atoms with Crippen molar-refractivity contribution in [3.05, 3.63) is 0 Å². The number of alkyl halides is 6. The quantitative estimate of drug-likeness (QED) is 0.430. The highest BCUT2D eigenvalue weighted by Gasteiger charge is 2.46. The van der Waals surface area contributed by atoms with E-state index in [1.807, 2.05) is 20.8 Å². The van der Waals surface area contributed by atoms with Crippen LogP contribution in [0.15, 0.2) is 0 Å². The summed E-state index contributed by atoms with van der Waals surface area (Å²) in [5.74, 6) is -1.13. The molecule has 0 saturated heterocycles. The lowest BCUT2D eigenvalue weighted by Gasteiger charge is -2.37. The number of carbonyl (C=O) groups excluding carboxylic acids is 1. The number of carboxylic acid groups (broad SMARTS) is 1. The third-order valence-corrected chi connectivity index (χ3v) is 8.63. The molecule has 0 radical (unpaired) electrons. The van der Waals surface area contributed by atoms with E-state index in [-0.39, 0.29) is 23.8 Å². The van der Waals surface area contributed by atoms with E-state index in [0.29, 0.717) is 6.42 Å². The summed E-state index contributed by atoms with van der Waals surface area (Å²) in [5.41, 5.74) is 0. The molecule has 0 unspecified atom stereocenters. The van der Waals surface area contributed by atoms with Gasteiger partial charge in [0.1, 0.15) is 0 Å². The van der Waals surface area contributed by atoms with Gasteiger partial charge >= 0.3 is 5.97 Å². The van der Waals surface area contributed by atoms with Crippen LogP contribution in [0.25, 0.3) is 0 Å². The van der Waals surface area contributed by atoms with Crippen LogP contribution in [-0.4, -0.2) is 59.1 Å². The van der Waals surface area contributed by atoms with Gasteiger partial charge in [-0.15, -0.1) is 69.6 Å². The lowest BCUT2D eigenvalue weighted by Crippen LogP contribution is -2.52. The number of carbonyl (C=O) groups is 2. The second kappa shape index (κ2) is 12.5. The van der Waals surface area contributed by atoms with Crippen LogP contribution < -0.4 is 0 Å². The maximum atomic E-state index is 11.1. The molecule has 1 aliphatic rings. The summed E-state index contributed by atoms with van der Waals surface area (Å²) in [4.78, 5) is 21.2. The Labute approximate surface area is 187 Å². The Morgan fingerprint density at radius 2 is 1.19 bits per heavy atom. The molecule has 1 rings (SSSR count). The molecule has 0 spiro atoms. The van der Waals surface area contributed by atoms with E-state index >= 15 is 0 Å². The second-order valence-corrected chi connectivity index (χ2v) is 12.9. The zero-order chi connectivity index (χ0) is 20.7. The van der Waals surface area contributed by atoms with Gasteiger partial charge in [0.15, 0.2) is 0 Å². The third-order valence-electron chi connectivity index (χ3n) is 3.26. The van der Waals surface area contributed by atoms with Crippen LogP contribution in [0.1, 0.15) is 40.0 Å². The van der Waals surface area contributed by atoms with Crippen LogP contribution in [0.2, 0.25) is 5.04 Å². The number of carboxylic acids is 1. The maximum absolute atomic E-state index is 11.1. The van der Waals surface area contributed by atoms with Crippen molar-refractivity contribution in [2.75, 3.05) is 0 Å². The third kappa shape index (κ3) is 10.4. The Balaban J connectivity index is 0.000000485. The first-order chi connectivity index (χ1) is 11.8. The van der Waals surface area contributed by atoms with Crippen LogP contribution in [-0.2, 0) is 14.0 Å². The van der Waals surface area contributed by atoms with E-state index in [4.69, 9.17) is 79.1 Å². The highest BCUT2D eigenvalue weighted by Crippen LogP contribution is 2.39. The number of hydrogen-bond donors (Lipinski definition) is 1. The van der Waals surface area contributed by atoms with Crippen molar-refractivity contribution in [1.82, 2.24) is 0 Å². The van der Waals surface area contributed by atoms with Crippen molar-refractivity contribution in [1.29, 1.82) is 0 Å². The smallest absolute Gasteiger partial charge is 0.303 e. The Morgan fingerprint density at radius 1 is 0.846 bits per heavy atom. The molecular formula is C15H24Cl6O4Si. The van der Waals surface area contributed by atoms with Crippen molar-refractivity contribution < 1.29 is 19.1 Å². The Hall–Kier alpha value is 0.897.